The fraction of sp³-hybridized carbons (Fsp3) is 0.250. The second-order valence-corrected chi connectivity index (χ2v) is 5.93. The van der Waals surface area contributed by atoms with Gasteiger partial charge in [0.15, 0.2) is 0 Å². The lowest BCUT2D eigenvalue weighted by Crippen LogP contribution is -2.31. The highest BCUT2D eigenvalue weighted by Gasteiger charge is 2.13. The third-order valence-corrected chi connectivity index (χ3v) is 4.29. The van der Waals surface area contributed by atoms with Gasteiger partial charge in [0.1, 0.15) is 6.54 Å². The van der Waals surface area contributed by atoms with Crippen molar-refractivity contribution in [2.45, 2.75) is 18.9 Å². The van der Waals surface area contributed by atoms with Gasteiger partial charge in [-0.2, -0.15) is 0 Å². The van der Waals surface area contributed by atoms with Crippen molar-refractivity contribution < 1.29 is 9.90 Å². The smallest absolute Gasteiger partial charge is 0.239 e. The zero-order valence-corrected chi connectivity index (χ0v) is 13.6. The Morgan fingerprint density at radius 2 is 1.79 bits per heavy atom. The van der Waals surface area contributed by atoms with E-state index in [1.807, 2.05) is 71.4 Å². The number of benzene rings is 2. The molecule has 0 aliphatic rings. The quantitative estimate of drug-likeness (QED) is 0.703. The standard InChI is InChI=1S/C20H22N2O2/c23-13-11-18(16-6-2-1-3-7-16)14-21-20(24)15-22-12-10-17-8-4-5-9-19(17)22/h1-10,12,18,23H,11,13-15H2,(H,21,24). The number of para-hydroxylation sites is 1. The molecule has 4 nitrogen and oxygen atoms in total. The van der Waals surface area contributed by atoms with Crippen LogP contribution in [0, 0.1) is 0 Å². The molecule has 0 aliphatic carbocycles. The Balaban J connectivity index is 1.62. The van der Waals surface area contributed by atoms with Crippen LogP contribution in [-0.2, 0) is 11.3 Å². The molecule has 0 radical (unpaired) electrons. The van der Waals surface area contributed by atoms with Gasteiger partial charge >= 0.3 is 0 Å². The number of carbonyl (C=O) groups is 1. The molecule has 3 rings (SSSR count). The van der Waals surface area contributed by atoms with Crippen LogP contribution < -0.4 is 5.32 Å². The summed E-state index contributed by atoms with van der Waals surface area (Å²) in [6.45, 7) is 0.939. The van der Waals surface area contributed by atoms with Crippen LogP contribution in [0.1, 0.15) is 17.9 Å². The molecular formula is C20H22N2O2. The molecule has 0 aliphatic heterocycles. The maximum Gasteiger partial charge on any atom is 0.239 e. The van der Waals surface area contributed by atoms with Crippen molar-refractivity contribution in [1.29, 1.82) is 0 Å². The first-order chi connectivity index (χ1) is 11.8. The summed E-state index contributed by atoms with van der Waals surface area (Å²) in [6.07, 6.45) is 2.57. The summed E-state index contributed by atoms with van der Waals surface area (Å²) in [5.74, 6) is 0.108. The first-order valence-corrected chi connectivity index (χ1v) is 8.24. The van der Waals surface area contributed by atoms with Gasteiger partial charge in [0.05, 0.1) is 0 Å². The van der Waals surface area contributed by atoms with Gasteiger partial charge in [0, 0.05) is 30.8 Å². The van der Waals surface area contributed by atoms with E-state index in [2.05, 4.69) is 5.32 Å². The Kier molecular flexibility index (Phi) is 5.29. The van der Waals surface area contributed by atoms with E-state index in [1.54, 1.807) is 0 Å². The van der Waals surface area contributed by atoms with Gasteiger partial charge < -0.3 is 15.0 Å². The normalized spacial score (nSPS) is 12.2. The number of nitrogens with zero attached hydrogens (tertiary/aromatic N) is 1. The van der Waals surface area contributed by atoms with Gasteiger partial charge in [-0.05, 0) is 29.5 Å². The van der Waals surface area contributed by atoms with E-state index >= 15 is 0 Å². The molecule has 2 aromatic carbocycles. The van der Waals surface area contributed by atoms with Crippen molar-refractivity contribution in [3.63, 3.8) is 0 Å². The molecule has 0 saturated carbocycles. The van der Waals surface area contributed by atoms with Crippen molar-refractivity contribution in [3.8, 4) is 0 Å². The monoisotopic (exact) mass is 322 g/mol. The van der Waals surface area contributed by atoms with E-state index in [0.717, 1.165) is 16.5 Å². The number of hydrogen-bond acceptors (Lipinski definition) is 2. The highest BCUT2D eigenvalue weighted by Crippen LogP contribution is 2.18. The number of hydrogen-bond donors (Lipinski definition) is 2. The number of nitrogens with one attached hydrogen (secondary N) is 1. The SMILES string of the molecule is O=C(Cn1ccc2ccccc21)NCC(CCO)c1ccccc1. The van der Waals surface area contributed by atoms with Crippen LogP contribution in [0.2, 0.25) is 0 Å². The largest absolute Gasteiger partial charge is 0.396 e. The summed E-state index contributed by atoms with van der Waals surface area (Å²) in [5.41, 5.74) is 2.20. The first kappa shape index (κ1) is 16.3. The Hall–Kier alpha value is -2.59. The Labute approximate surface area is 141 Å². The number of fused-ring (bicyclic) bond motifs is 1. The van der Waals surface area contributed by atoms with Crippen LogP contribution in [-0.4, -0.2) is 28.7 Å². The zero-order valence-electron chi connectivity index (χ0n) is 13.6. The minimum absolute atomic E-state index is 0.0183. The average molecular weight is 322 g/mol. The fourth-order valence-electron chi connectivity index (χ4n) is 2.99. The molecule has 0 saturated heterocycles. The number of aromatic nitrogens is 1. The van der Waals surface area contributed by atoms with Gasteiger partial charge in [0.25, 0.3) is 0 Å². The average Bonchev–Trinajstić information content (AvgIpc) is 3.02. The Bertz CT molecular complexity index is 796. The van der Waals surface area contributed by atoms with E-state index < -0.39 is 0 Å². The number of aliphatic hydroxyl groups excluding tert-OH is 1. The molecular weight excluding hydrogens is 300 g/mol. The molecule has 1 heterocycles. The Morgan fingerprint density at radius 3 is 2.58 bits per heavy atom. The van der Waals surface area contributed by atoms with Crippen molar-refractivity contribution in [1.82, 2.24) is 9.88 Å². The van der Waals surface area contributed by atoms with Crippen LogP contribution in [0.15, 0.2) is 66.9 Å². The second kappa shape index (κ2) is 7.79. The van der Waals surface area contributed by atoms with Gasteiger partial charge in [0.2, 0.25) is 5.91 Å². The van der Waals surface area contributed by atoms with Gasteiger partial charge in [-0.3, -0.25) is 4.79 Å². The van der Waals surface area contributed by atoms with Crippen LogP contribution in [0.3, 0.4) is 0 Å². The summed E-state index contributed by atoms with van der Waals surface area (Å²) in [7, 11) is 0. The minimum Gasteiger partial charge on any atom is -0.396 e. The summed E-state index contributed by atoms with van der Waals surface area (Å²) in [6, 6.07) is 20.0. The number of aliphatic hydroxyl groups is 1. The molecule has 1 amide bonds. The molecule has 1 aromatic heterocycles. The predicted molar refractivity (Wildman–Crippen MR) is 95.8 cm³/mol. The van der Waals surface area contributed by atoms with E-state index in [1.165, 1.54) is 0 Å². The number of rotatable bonds is 7. The second-order valence-electron chi connectivity index (χ2n) is 5.93. The van der Waals surface area contributed by atoms with E-state index in [0.29, 0.717) is 19.5 Å². The zero-order chi connectivity index (χ0) is 16.8. The maximum atomic E-state index is 12.3. The molecule has 2 N–H and O–H groups in total. The first-order valence-electron chi connectivity index (χ1n) is 8.24. The van der Waals surface area contributed by atoms with Crippen molar-refractivity contribution in [2.24, 2.45) is 0 Å². The molecule has 0 fully saturated rings. The molecule has 0 bridgehead atoms. The molecule has 4 heteroatoms. The van der Waals surface area contributed by atoms with E-state index in [9.17, 15) is 9.90 Å². The third-order valence-electron chi connectivity index (χ3n) is 4.29. The minimum atomic E-state index is -0.0183. The van der Waals surface area contributed by atoms with Gasteiger partial charge in [-0.15, -0.1) is 0 Å². The lowest BCUT2D eigenvalue weighted by atomic mass is 9.96. The molecule has 0 spiro atoms. The summed E-state index contributed by atoms with van der Waals surface area (Å²) in [4.78, 5) is 12.3. The van der Waals surface area contributed by atoms with Gasteiger partial charge in [-0.1, -0.05) is 48.5 Å². The highest BCUT2D eigenvalue weighted by atomic mass is 16.3. The van der Waals surface area contributed by atoms with Gasteiger partial charge in [-0.25, -0.2) is 0 Å². The Morgan fingerprint density at radius 1 is 1.04 bits per heavy atom. The van der Waals surface area contributed by atoms with E-state index in [4.69, 9.17) is 0 Å². The molecule has 1 atom stereocenters. The molecule has 124 valence electrons. The third kappa shape index (κ3) is 3.84. The summed E-state index contributed by atoms with van der Waals surface area (Å²) < 4.78 is 1.95. The molecule has 3 aromatic rings. The fourth-order valence-corrected chi connectivity index (χ4v) is 2.99. The summed E-state index contributed by atoms with van der Waals surface area (Å²) in [5, 5.41) is 13.4. The van der Waals surface area contributed by atoms with Crippen LogP contribution in [0.5, 0.6) is 0 Å². The van der Waals surface area contributed by atoms with Crippen molar-refractivity contribution in [3.05, 3.63) is 72.4 Å². The summed E-state index contributed by atoms with van der Waals surface area (Å²) >= 11 is 0. The van der Waals surface area contributed by atoms with Crippen LogP contribution >= 0.6 is 0 Å². The maximum absolute atomic E-state index is 12.3. The van der Waals surface area contributed by atoms with Crippen molar-refractivity contribution >= 4 is 16.8 Å². The highest BCUT2D eigenvalue weighted by molar-refractivity contribution is 5.83. The van der Waals surface area contributed by atoms with Crippen LogP contribution in [0.25, 0.3) is 10.9 Å². The van der Waals surface area contributed by atoms with E-state index in [-0.39, 0.29) is 18.4 Å². The van der Waals surface area contributed by atoms with Crippen molar-refractivity contribution in [2.75, 3.05) is 13.2 Å². The number of carbonyl (C=O) groups excluding carboxylic acids is 1. The topological polar surface area (TPSA) is 54.3 Å². The number of amides is 1. The lowest BCUT2D eigenvalue weighted by molar-refractivity contribution is -0.121. The predicted octanol–water partition coefficient (Wildman–Crippen LogP) is 2.92. The molecule has 24 heavy (non-hydrogen) atoms. The molecule has 1 unspecified atom stereocenters. The van der Waals surface area contributed by atoms with Crippen LogP contribution in [0.4, 0.5) is 0 Å². The lowest BCUT2D eigenvalue weighted by Gasteiger charge is -2.17.